The molecule has 0 bridgehead atoms. The van der Waals surface area contributed by atoms with Crippen molar-refractivity contribution in [2.24, 2.45) is 0 Å². The van der Waals surface area contributed by atoms with E-state index in [1.54, 1.807) is 0 Å². The van der Waals surface area contributed by atoms with Crippen LogP contribution in [-0.2, 0) is 16.1 Å². The van der Waals surface area contributed by atoms with Gasteiger partial charge in [-0.15, -0.1) is 37.2 Å². The summed E-state index contributed by atoms with van der Waals surface area (Å²) >= 11 is 0. The van der Waals surface area contributed by atoms with Crippen LogP contribution >= 0.6 is 37.2 Å². The highest BCUT2D eigenvalue weighted by Crippen LogP contribution is 2.13. The zero-order valence-corrected chi connectivity index (χ0v) is 18.0. The van der Waals surface area contributed by atoms with Gasteiger partial charge >= 0.3 is 0 Å². The number of ether oxygens (including phenoxy) is 1. The van der Waals surface area contributed by atoms with E-state index in [2.05, 4.69) is 32.5 Å². The number of carbonyl (C=O) groups is 1. The molecule has 0 saturated carbocycles. The smallest absolute Gasteiger partial charge is 0.221 e. The molecule has 1 aromatic heterocycles. The monoisotopic (exact) mass is 441 g/mol. The predicted molar refractivity (Wildman–Crippen MR) is 115 cm³/mol. The fraction of sp³-hybridized carbons (Fsp3) is 0.647. The molecule has 1 unspecified atom stereocenters. The van der Waals surface area contributed by atoms with Crippen LogP contribution in [0, 0.1) is 0 Å². The number of rotatable bonds is 5. The summed E-state index contributed by atoms with van der Waals surface area (Å²) in [6.45, 7) is 6.82. The van der Waals surface area contributed by atoms with Crippen molar-refractivity contribution in [2.45, 2.75) is 19.0 Å². The number of aromatic nitrogens is 1. The number of amides is 1. The van der Waals surface area contributed by atoms with Gasteiger partial charge in [0.05, 0.1) is 13.2 Å². The molecule has 10 heteroatoms. The molecule has 2 fully saturated rings. The van der Waals surface area contributed by atoms with Gasteiger partial charge in [0.25, 0.3) is 0 Å². The Morgan fingerprint density at radius 3 is 2.59 bits per heavy atom. The van der Waals surface area contributed by atoms with E-state index in [0.717, 1.165) is 50.7 Å². The third kappa shape index (κ3) is 8.37. The highest BCUT2D eigenvalue weighted by Gasteiger charge is 2.17. The maximum Gasteiger partial charge on any atom is 0.221 e. The maximum absolute atomic E-state index is 12.0. The average Bonchev–Trinajstić information content (AvgIpc) is 2.62. The molecule has 3 heterocycles. The van der Waals surface area contributed by atoms with Gasteiger partial charge < -0.3 is 25.2 Å². The quantitative estimate of drug-likeness (QED) is 0.711. The summed E-state index contributed by atoms with van der Waals surface area (Å²) in [5.41, 5.74) is 1.02. The van der Waals surface area contributed by atoms with Gasteiger partial charge in [-0.05, 0) is 18.7 Å². The second kappa shape index (κ2) is 13.4. The SMILES string of the molecule is CN1CCN(c2ccc(CNC(=O)CC3COCCN3)cn2)CC1.Cl.Cl.Cl. The first-order chi connectivity index (χ1) is 11.7. The number of hydrogen-bond acceptors (Lipinski definition) is 6. The number of likely N-dealkylation sites (N-methyl/N-ethyl adjacent to an activating group) is 1. The van der Waals surface area contributed by atoms with Gasteiger partial charge in [-0.25, -0.2) is 4.98 Å². The molecule has 0 aromatic carbocycles. The normalized spacial score (nSPS) is 19.9. The Morgan fingerprint density at radius 2 is 2.00 bits per heavy atom. The predicted octanol–water partition coefficient (Wildman–Crippen LogP) is 1.09. The first kappa shape index (κ1) is 26.2. The zero-order chi connectivity index (χ0) is 16.8. The lowest BCUT2D eigenvalue weighted by Crippen LogP contribution is -2.44. The van der Waals surface area contributed by atoms with Gasteiger partial charge in [0.1, 0.15) is 5.82 Å². The number of hydrogen-bond donors (Lipinski definition) is 2. The number of nitrogens with one attached hydrogen (secondary N) is 2. The number of halogens is 3. The molecule has 27 heavy (non-hydrogen) atoms. The fourth-order valence-corrected chi connectivity index (χ4v) is 2.99. The van der Waals surface area contributed by atoms with E-state index in [-0.39, 0.29) is 49.2 Å². The average molecular weight is 443 g/mol. The van der Waals surface area contributed by atoms with Gasteiger partial charge in [-0.1, -0.05) is 6.07 Å². The molecule has 3 rings (SSSR count). The summed E-state index contributed by atoms with van der Waals surface area (Å²) in [6.07, 6.45) is 2.31. The first-order valence-electron chi connectivity index (χ1n) is 8.67. The minimum Gasteiger partial charge on any atom is -0.378 e. The van der Waals surface area contributed by atoms with E-state index in [4.69, 9.17) is 4.74 Å². The number of anilines is 1. The van der Waals surface area contributed by atoms with E-state index in [1.165, 1.54) is 0 Å². The van der Waals surface area contributed by atoms with E-state index in [9.17, 15) is 4.79 Å². The summed E-state index contributed by atoms with van der Waals surface area (Å²) in [5, 5.41) is 6.24. The topological polar surface area (TPSA) is 69.7 Å². The molecule has 2 aliphatic heterocycles. The first-order valence-corrected chi connectivity index (χ1v) is 8.67. The molecule has 2 saturated heterocycles. The molecule has 0 spiro atoms. The molecule has 1 atom stereocenters. The summed E-state index contributed by atoms with van der Waals surface area (Å²) in [4.78, 5) is 21.2. The molecule has 1 aromatic rings. The van der Waals surface area contributed by atoms with Crippen molar-refractivity contribution in [2.75, 3.05) is 57.9 Å². The highest BCUT2D eigenvalue weighted by molar-refractivity contribution is 5.86. The molecular formula is C17H30Cl3N5O2. The molecule has 0 aliphatic carbocycles. The van der Waals surface area contributed by atoms with Crippen molar-refractivity contribution in [1.29, 1.82) is 0 Å². The van der Waals surface area contributed by atoms with Crippen LogP contribution in [0.3, 0.4) is 0 Å². The minimum atomic E-state index is 0. The van der Waals surface area contributed by atoms with Crippen LogP contribution in [0.15, 0.2) is 18.3 Å². The number of morpholine rings is 1. The van der Waals surface area contributed by atoms with Gasteiger partial charge in [-0.2, -0.15) is 0 Å². The van der Waals surface area contributed by atoms with E-state index in [1.807, 2.05) is 18.3 Å². The highest BCUT2D eigenvalue weighted by atomic mass is 35.5. The van der Waals surface area contributed by atoms with Crippen molar-refractivity contribution in [3.8, 4) is 0 Å². The lowest BCUT2D eigenvalue weighted by Gasteiger charge is -2.33. The van der Waals surface area contributed by atoms with Crippen LogP contribution in [0.25, 0.3) is 0 Å². The third-order valence-corrected chi connectivity index (χ3v) is 4.56. The molecule has 156 valence electrons. The van der Waals surface area contributed by atoms with Gasteiger partial charge in [0, 0.05) is 57.9 Å². The number of piperazine rings is 1. The van der Waals surface area contributed by atoms with Crippen LogP contribution in [0.2, 0.25) is 0 Å². The van der Waals surface area contributed by atoms with Gasteiger partial charge in [0.2, 0.25) is 5.91 Å². The molecule has 0 radical (unpaired) electrons. The van der Waals surface area contributed by atoms with Crippen LogP contribution in [-0.4, -0.2) is 74.8 Å². The zero-order valence-electron chi connectivity index (χ0n) is 15.6. The second-order valence-electron chi connectivity index (χ2n) is 6.52. The number of pyridine rings is 1. The molecule has 2 N–H and O–H groups in total. The molecular weight excluding hydrogens is 413 g/mol. The Bertz CT molecular complexity index is 536. The van der Waals surface area contributed by atoms with Crippen molar-refractivity contribution >= 4 is 48.9 Å². The van der Waals surface area contributed by atoms with E-state index in [0.29, 0.717) is 19.6 Å². The van der Waals surface area contributed by atoms with E-state index < -0.39 is 0 Å². The Balaban J connectivity index is 0.00000225. The lowest BCUT2D eigenvalue weighted by atomic mass is 10.2. The number of nitrogens with zero attached hydrogens (tertiary/aromatic N) is 3. The summed E-state index contributed by atoms with van der Waals surface area (Å²) in [7, 11) is 2.14. The van der Waals surface area contributed by atoms with Crippen molar-refractivity contribution < 1.29 is 9.53 Å². The minimum absolute atomic E-state index is 0. The van der Waals surface area contributed by atoms with Gasteiger partial charge in [-0.3, -0.25) is 4.79 Å². The molecule has 2 aliphatic rings. The largest absolute Gasteiger partial charge is 0.378 e. The second-order valence-corrected chi connectivity index (χ2v) is 6.52. The van der Waals surface area contributed by atoms with Crippen LogP contribution in [0.5, 0.6) is 0 Å². The lowest BCUT2D eigenvalue weighted by molar-refractivity contribution is -0.122. The van der Waals surface area contributed by atoms with Crippen molar-refractivity contribution in [3.05, 3.63) is 23.9 Å². The Kier molecular flexibility index (Phi) is 13.0. The Labute approximate surface area is 179 Å². The summed E-state index contributed by atoms with van der Waals surface area (Å²) in [5.74, 6) is 1.06. The Morgan fingerprint density at radius 1 is 1.26 bits per heavy atom. The van der Waals surface area contributed by atoms with Crippen LogP contribution in [0.1, 0.15) is 12.0 Å². The van der Waals surface area contributed by atoms with Gasteiger partial charge in [0.15, 0.2) is 0 Å². The van der Waals surface area contributed by atoms with Crippen molar-refractivity contribution in [1.82, 2.24) is 20.5 Å². The summed E-state index contributed by atoms with van der Waals surface area (Å²) in [6, 6.07) is 4.21. The van der Waals surface area contributed by atoms with Crippen LogP contribution < -0.4 is 15.5 Å². The Hall–Kier alpha value is -0.830. The molecule has 1 amide bonds. The third-order valence-electron chi connectivity index (χ3n) is 4.56. The summed E-state index contributed by atoms with van der Waals surface area (Å²) < 4.78 is 5.36. The molecule has 7 nitrogen and oxygen atoms in total. The standard InChI is InChI=1S/C17H27N5O2.3ClH/c1-21-5-7-22(8-6-21)16-3-2-14(11-19-16)12-20-17(23)10-15-13-24-9-4-18-15;;;/h2-3,11,15,18H,4-10,12-13H2,1H3,(H,20,23);3*1H. The van der Waals surface area contributed by atoms with Crippen LogP contribution in [0.4, 0.5) is 5.82 Å². The maximum atomic E-state index is 12.0. The fourth-order valence-electron chi connectivity index (χ4n) is 2.99. The number of carbonyl (C=O) groups excluding carboxylic acids is 1. The van der Waals surface area contributed by atoms with Crippen molar-refractivity contribution in [3.63, 3.8) is 0 Å². The van der Waals surface area contributed by atoms with E-state index >= 15 is 0 Å².